The van der Waals surface area contributed by atoms with Crippen LogP contribution in [-0.2, 0) is 10.0 Å². The molecule has 1 amide bonds. The number of nitrogens with zero attached hydrogens (tertiary/aromatic N) is 2. The average molecular weight is 313 g/mol. The smallest absolute Gasteiger partial charge is 0.257 e. The van der Waals surface area contributed by atoms with E-state index in [9.17, 15) is 13.2 Å². The van der Waals surface area contributed by atoms with Crippen molar-refractivity contribution in [3.05, 3.63) is 47.2 Å². The first-order valence-corrected chi connectivity index (χ1v) is 7.21. The lowest BCUT2D eigenvalue weighted by atomic mass is 10.2. The summed E-state index contributed by atoms with van der Waals surface area (Å²) in [6, 6.07) is 5.40. The lowest BCUT2D eigenvalue weighted by Gasteiger charge is -2.07. The Hall–Kier alpha value is -2.03. The molecule has 9 heteroatoms. The van der Waals surface area contributed by atoms with Gasteiger partial charge >= 0.3 is 0 Å². The molecule has 7 nitrogen and oxygen atoms in total. The molecule has 0 saturated heterocycles. The van der Waals surface area contributed by atoms with Crippen molar-refractivity contribution in [2.75, 3.05) is 5.32 Å². The van der Waals surface area contributed by atoms with Crippen molar-refractivity contribution >= 4 is 33.2 Å². The maximum absolute atomic E-state index is 11.8. The van der Waals surface area contributed by atoms with E-state index in [-0.39, 0.29) is 9.92 Å². The lowest BCUT2D eigenvalue weighted by Crippen LogP contribution is -2.14. The number of nitrogens with two attached hydrogens (primary N) is 1. The number of hydrogen-bond donors (Lipinski definition) is 2. The van der Waals surface area contributed by atoms with E-state index in [0.717, 1.165) is 0 Å². The molecule has 0 aliphatic rings. The monoisotopic (exact) mass is 312 g/mol. The largest absolute Gasteiger partial charge is 0.322 e. The minimum Gasteiger partial charge on any atom is -0.322 e. The quantitative estimate of drug-likeness (QED) is 0.878. The lowest BCUT2D eigenvalue weighted by molar-refractivity contribution is 0.102. The van der Waals surface area contributed by atoms with Crippen LogP contribution in [-0.4, -0.2) is 24.5 Å². The Labute approximate surface area is 119 Å². The maximum Gasteiger partial charge on any atom is 0.257 e. The van der Waals surface area contributed by atoms with E-state index in [1.807, 2.05) is 0 Å². The Morgan fingerprint density at radius 1 is 1.25 bits per heavy atom. The summed E-state index contributed by atoms with van der Waals surface area (Å²) in [4.78, 5) is 11.6. The number of hydrogen-bond acceptors (Lipinski definition) is 5. The number of primary sulfonamides is 1. The van der Waals surface area contributed by atoms with Crippen molar-refractivity contribution in [1.82, 2.24) is 10.2 Å². The topological polar surface area (TPSA) is 115 Å². The number of benzene rings is 1. The second kappa shape index (κ2) is 5.53. The van der Waals surface area contributed by atoms with E-state index >= 15 is 0 Å². The molecule has 2 aromatic rings. The third-order valence-corrected chi connectivity index (χ3v) is 3.74. The van der Waals surface area contributed by atoms with Crippen LogP contribution in [0.3, 0.4) is 0 Å². The molecule has 0 atom stereocenters. The third-order valence-electron chi connectivity index (χ3n) is 2.34. The molecule has 1 aromatic carbocycles. The highest BCUT2D eigenvalue weighted by atomic mass is 35.5. The molecule has 0 aliphatic heterocycles. The first kappa shape index (κ1) is 14.4. The van der Waals surface area contributed by atoms with Gasteiger partial charge in [0.2, 0.25) is 10.0 Å². The standard InChI is InChI=1S/C11H9ClN4O3S/c12-9-5-8(1-2-10(9)20(13,18)19)16-11(17)7-3-4-14-15-6-7/h1-6H,(H,16,17)(H2,13,18,19). The summed E-state index contributed by atoms with van der Waals surface area (Å²) in [6.45, 7) is 0. The molecule has 2 rings (SSSR count). The number of carbonyl (C=O) groups excluding carboxylic acids is 1. The number of halogens is 1. The number of carbonyl (C=O) groups is 1. The van der Waals surface area contributed by atoms with E-state index < -0.39 is 15.9 Å². The van der Waals surface area contributed by atoms with Gasteiger partial charge in [-0.05, 0) is 24.3 Å². The van der Waals surface area contributed by atoms with Crippen LogP contribution in [0.5, 0.6) is 0 Å². The summed E-state index contributed by atoms with van der Waals surface area (Å²) in [5, 5.41) is 14.6. The van der Waals surface area contributed by atoms with Crippen LogP contribution < -0.4 is 10.5 Å². The van der Waals surface area contributed by atoms with Gasteiger partial charge in [0.05, 0.1) is 23.0 Å². The van der Waals surface area contributed by atoms with Crippen LogP contribution in [0.2, 0.25) is 5.02 Å². The zero-order valence-electron chi connectivity index (χ0n) is 9.95. The molecular formula is C11H9ClN4O3S. The minimum atomic E-state index is -3.89. The van der Waals surface area contributed by atoms with Crippen molar-refractivity contribution in [2.45, 2.75) is 4.90 Å². The van der Waals surface area contributed by atoms with E-state index in [1.54, 1.807) is 0 Å². The maximum atomic E-state index is 11.8. The van der Waals surface area contributed by atoms with Crippen LogP contribution in [0, 0.1) is 0 Å². The van der Waals surface area contributed by atoms with Gasteiger partial charge in [-0.25, -0.2) is 13.6 Å². The van der Waals surface area contributed by atoms with E-state index in [1.165, 1.54) is 36.7 Å². The summed E-state index contributed by atoms with van der Waals surface area (Å²) < 4.78 is 22.4. The number of rotatable bonds is 3. The molecule has 0 bridgehead atoms. The van der Waals surface area contributed by atoms with Crippen molar-refractivity contribution in [2.24, 2.45) is 5.14 Å². The fraction of sp³-hybridized carbons (Fsp3) is 0. The van der Waals surface area contributed by atoms with Gasteiger partial charge in [0, 0.05) is 5.69 Å². The van der Waals surface area contributed by atoms with E-state index in [4.69, 9.17) is 16.7 Å². The molecule has 1 heterocycles. The van der Waals surface area contributed by atoms with Gasteiger partial charge in [0.25, 0.3) is 5.91 Å². The zero-order valence-corrected chi connectivity index (χ0v) is 11.5. The highest BCUT2D eigenvalue weighted by Crippen LogP contribution is 2.24. The van der Waals surface area contributed by atoms with Crippen LogP contribution >= 0.6 is 11.6 Å². The van der Waals surface area contributed by atoms with Gasteiger partial charge in [-0.2, -0.15) is 10.2 Å². The van der Waals surface area contributed by atoms with Crippen LogP contribution in [0.4, 0.5) is 5.69 Å². The van der Waals surface area contributed by atoms with Crippen molar-refractivity contribution < 1.29 is 13.2 Å². The van der Waals surface area contributed by atoms with E-state index in [0.29, 0.717) is 11.3 Å². The molecule has 0 aliphatic carbocycles. The molecule has 0 spiro atoms. The van der Waals surface area contributed by atoms with Gasteiger partial charge in [-0.1, -0.05) is 11.6 Å². The second-order valence-corrected chi connectivity index (χ2v) is 5.71. The number of anilines is 1. The summed E-state index contributed by atoms with van der Waals surface area (Å²) in [7, 11) is -3.89. The molecule has 3 N–H and O–H groups in total. The summed E-state index contributed by atoms with van der Waals surface area (Å²) in [5.74, 6) is -0.417. The minimum absolute atomic E-state index is 0.0712. The van der Waals surface area contributed by atoms with Crippen molar-refractivity contribution in [3.63, 3.8) is 0 Å². The van der Waals surface area contributed by atoms with Crippen LogP contribution in [0.1, 0.15) is 10.4 Å². The fourth-order valence-electron chi connectivity index (χ4n) is 1.44. The van der Waals surface area contributed by atoms with Crippen LogP contribution in [0.15, 0.2) is 41.6 Å². The van der Waals surface area contributed by atoms with E-state index in [2.05, 4.69) is 15.5 Å². The Morgan fingerprint density at radius 2 is 2.00 bits per heavy atom. The Kier molecular flexibility index (Phi) is 3.98. The summed E-state index contributed by atoms with van der Waals surface area (Å²) >= 11 is 5.81. The van der Waals surface area contributed by atoms with Crippen molar-refractivity contribution in [3.8, 4) is 0 Å². The first-order chi connectivity index (χ1) is 9.38. The molecular weight excluding hydrogens is 304 g/mol. The second-order valence-electron chi connectivity index (χ2n) is 3.78. The third kappa shape index (κ3) is 3.29. The number of amides is 1. The Balaban J connectivity index is 2.24. The van der Waals surface area contributed by atoms with Crippen molar-refractivity contribution in [1.29, 1.82) is 0 Å². The number of sulfonamides is 1. The molecule has 0 saturated carbocycles. The normalized spacial score (nSPS) is 11.1. The molecule has 20 heavy (non-hydrogen) atoms. The predicted octanol–water partition coefficient (Wildman–Crippen LogP) is 1.03. The molecule has 0 radical (unpaired) electrons. The number of nitrogens with one attached hydrogen (secondary N) is 1. The van der Waals surface area contributed by atoms with Crippen LogP contribution in [0.25, 0.3) is 0 Å². The number of aromatic nitrogens is 2. The molecule has 0 unspecified atom stereocenters. The van der Waals surface area contributed by atoms with Gasteiger partial charge < -0.3 is 5.32 Å². The first-order valence-electron chi connectivity index (χ1n) is 5.28. The van der Waals surface area contributed by atoms with Gasteiger partial charge in [-0.3, -0.25) is 4.79 Å². The van der Waals surface area contributed by atoms with Gasteiger partial charge in [0.15, 0.2) is 0 Å². The molecule has 104 valence electrons. The Bertz CT molecular complexity index is 750. The average Bonchev–Trinajstić information content (AvgIpc) is 2.38. The summed E-state index contributed by atoms with van der Waals surface area (Å²) in [5.41, 5.74) is 0.649. The fourth-order valence-corrected chi connectivity index (χ4v) is 2.53. The van der Waals surface area contributed by atoms with Gasteiger partial charge in [-0.15, -0.1) is 0 Å². The van der Waals surface area contributed by atoms with Gasteiger partial charge in [0.1, 0.15) is 4.90 Å². The highest BCUT2D eigenvalue weighted by Gasteiger charge is 2.14. The highest BCUT2D eigenvalue weighted by molar-refractivity contribution is 7.89. The SMILES string of the molecule is NS(=O)(=O)c1ccc(NC(=O)c2ccnnc2)cc1Cl. The molecule has 1 aromatic heterocycles. The molecule has 0 fully saturated rings. The summed E-state index contributed by atoms with van der Waals surface area (Å²) in [6.07, 6.45) is 2.68. The Morgan fingerprint density at radius 3 is 2.55 bits per heavy atom. The zero-order chi connectivity index (χ0) is 14.8. The predicted molar refractivity (Wildman–Crippen MR) is 72.8 cm³/mol.